The Morgan fingerprint density at radius 1 is 1.28 bits per heavy atom. The summed E-state index contributed by atoms with van der Waals surface area (Å²) in [5.41, 5.74) is 1.79. The number of anilines is 1. The lowest BCUT2D eigenvalue weighted by Gasteiger charge is -2.15. The van der Waals surface area contributed by atoms with Crippen molar-refractivity contribution in [2.45, 2.75) is 33.3 Å². The number of aliphatic hydroxyl groups excluding tert-OH is 1. The number of carbonyl (C=O) groups is 1. The first-order chi connectivity index (χ1) is 13.9. The minimum absolute atomic E-state index is 0.196. The molecule has 0 unspecified atom stereocenters. The van der Waals surface area contributed by atoms with Gasteiger partial charge in [0.05, 0.1) is 18.3 Å². The largest absolute Gasteiger partial charge is 0.458 e. The smallest absolute Gasteiger partial charge is 0.239 e. The fraction of sp³-hybridized carbons (Fsp3) is 0.400. The predicted molar refractivity (Wildman–Crippen MR) is 107 cm³/mol. The van der Waals surface area contributed by atoms with Crippen molar-refractivity contribution in [3.05, 3.63) is 41.4 Å². The summed E-state index contributed by atoms with van der Waals surface area (Å²) in [6.45, 7) is 7.11. The normalized spacial score (nSPS) is 17.0. The van der Waals surface area contributed by atoms with Crippen LogP contribution >= 0.6 is 0 Å². The third-order valence-corrected chi connectivity index (χ3v) is 4.78. The van der Waals surface area contributed by atoms with Crippen LogP contribution in [-0.2, 0) is 4.79 Å². The molecule has 1 amide bonds. The van der Waals surface area contributed by atoms with Crippen LogP contribution in [0.4, 0.5) is 5.82 Å². The monoisotopic (exact) mass is 396 g/mol. The van der Waals surface area contributed by atoms with E-state index >= 15 is 0 Å². The maximum Gasteiger partial charge on any atom is 0.239 e. The summed E-state index contributed by atoms with van der Waals surface area (Å²) in [5.74, 6) is 2.36. The highest BCUT2D eigenvalue weighted by Gasteiger charge is 2.22. The highest BCUT2D eigenvalue weighted by atomic mass is 16.3. The fourth-order valence-corrected chi connectivity index (χ4v) is 3.47. The van der Waals surface area contributed by atoms with E-state index in [1.54, 1.807) is 16.8 Å². The van der Waals surface area contributed by atoms with Crippen molar-refractivity contribution in [1.29, 1.82) is 0 Å². The van der Waals surface area contributed by atoms with Gasteiger partial charge in [0, 0.05) is 24.8 Å². The molecule has 0 aromatic carbocycles. The summed E-state index contributed by atoms with van der Waals surface area (Å²) in [6, 6.07) is 7.28. The lowest BCUT2D eigenvalue weighted by atomic mass is 10.3. The van der Waals surface area contributed by atoms with Gasteiger partial charge in [-0.2, -0.15) is 5.10 Å². The third kappa shape index (κ3) is 4.36. The van der Waals surface area contributed by atoms with Crippen molar-refractivity contribution in [3.63, 3.8) is 0 Å². The van der Waals surface area contributed by atoms with Crippen LogP contribution < -0.4 is 5.32 Å². The molecule has 29 heavy (non-hydrogen) atoms. The van der Waals surface area contributed by atoms with Gasteiger partial charge in [-0.1, -0.05) is 0 Å². The Morgan fingerprint density at radius 3 is 2.72 bits per heavy atom. The minimum atomic E-state index is -0.367. The van der Waals surface area contributed by atoms with E-state index in [0.29, 0.717) is 42.7 Å². The second kappa shape index (κ2) is 7.76. The Balaban J connectivity index is 1.64. The molecule has 2 N–H and O–H groups in total. The van der Waals surface area contributed by atoms with Gasteiger partial charge >= 0.3 is 0 Å². The van der Waals surface area contributed by atoms with Gasteiger partial charge in [0.15, 0.2) is 17.4 Å². The number of aryl methyl sites for hydroxylation is 3. The van der Waals surface area contributed by atoms with Crippen molar-refractivity contribution in [1.82, 2.24) is 24.6 Å². The van der Waals surface area contributed by atoms with E-state index in [-0.39, 0.29) is 18.6 Å². The van der Waals surface area contributed by atoms with Gasteiger partial charge in [-0.05, 0) is 45.4 Å². The standard InChI is InChI=1S/C20H24N6O3/c1-12-8-13(2)26(24-12)18-9-17(21-19(28)11-25-7-6-15(27)10-25)22-20(23-18)16-5-4-14(3)29-16/h4-5,8-9,15,27H,6-7,10-11H2,1-3H3,(H,21,22,23,28)/t15-/m1/s1. The lowest BCUT2D eigenvalue weighted by Crippen LogP contribution is -2.32. The van der Waals surface area contributed by atoms with Crippen LogP contribution in [-0.4, -0.2) is 61.4 Å². The number of aromatic nitrogens is 4. The summed E-state index contributed by atoms with van der Waals surface area (Å²) in [7, 11) is 0. The summed E-state index contributed by atoms with van der Waals surface area (Å²) in [6.07, 6.45) is 0.318. The molecule has 9 heteroatoms. The molecule has 4 heterocycles. The molecule has 9 nitrogen and oxygen atoms in total. The van der Waals surface area contributed by atoms with Crippen LogP contribution in [0.5, 0.6) is 0 Å². The highest BCUT2D eigenvalue weighted by Crippen LogP contribution is 2.23. The average Bonchev–Trinajstić information content (AvgIpc) is 3.35. The summed E-state index contributed by atoms with van der Waals surface area (Å²) in [5, 5.41) is 17.0. The number of hydrogen-bond acceptors (Lipinski definition) is 7. The van der Waals surface area contributed by atoms with Gasteiger partial charge in [-0.15, -0.1) is 0 Å². The molecule has 4 rings (SSSR count). The number of carbonyl (C=O) groups excluding carboxylic acids is 1. The van der Waals surface area contributed by atoms with Crippen LogP contribution in [0.1, 0.15) is 23.6 Å². The van der Waals surface area contributed by atoms with Crippen molar-refractivity contribution >= 4 is 11.7 Å². The Morgan fingerprint density at radius 2 is 2.10 bits per heavy atom. The van der Waals surface area contributed by atoms with Crippen molar-refractivity contribution in [2.75, 3.05) is 25.0 Å². The van der Waals surface area contributed by atoms with Crippen molar-refractivity contribution < 1.29 is 14.3 Å². The van der Waals surface area contributed by atoms with E-state index in [1.165, 1.54) is 0 Å². The Bertz CT molecular complexity index is 1040. The Hall–Kier alpha value is -3.04. The van der Waals surface area contributed by atoms with E-state index in [0.717, 1.165) is 17.1 Å². The second-order valence-corrected chi connectivity index (χ2v) is 7.41. The molecule has 0 bridgehead atoms. The van der Waals surface area contributed by atoms with Gasteiger partial charge < -0.3 is 14.8 Å². The first kappa shape index (κ1) is 19.3. The molecule has 1 aliphatic heterocycles. The number of amides is 1. The molecular weight excluding hydrogens is 372 g/mol. The van der Waals surface area contributed by atoms with Crippen LogP contribution in [0, 0.1) is 20.8 Å². The van der Waals surface area contributed by atoms with Gasteiger partial charge in [-0.25, -0.2) is 14.6 Å². The van der Waals surface area contributed by atoms with E-state index in [1.807, 2.05) is 37.8 Å². The quantitative estimate of drug-likeness (QED) is 0.677. The van der Waals surface area contributed by atoms with E-state index in [2.05, 4.69) is 20.4 Å². The zero-order valence-electron chi connectivity index (χ0n) is 16.7. The molecule has 0 aliphatic carbocycles. The van der Waals surface area contributed by atoms with Crippen LogP contribution in [0.3, 0.4) is 0 Å². The molecule has 1 saturated heterocycles. The van der Waals surface area contributed by atoms with Gasteiger partial charge in [0.1, 0.15) is 11.6 Å². The SMILES string of the molecule is Cc1cc(C)n(-c2cc(NC(=O)CN3CC[C@@H](O)C3)nc(-c3ccc(C)o3)n2)n1. The topological polar surface area (TPSA) is 109 Å². The van der Waals surface area contributed by atoms with E-state index in [4.69, 9.17) is 4.42 Å². The van der Waals surface area contributed by atoms with Crippen LogP contribution in [0.2, 0.25) is 0 Å². The number of nitrogens with one attached hydrogen (secondary N) is 1. The number of likely N-dealkylation sites (tertiary alicyclic amines) is 1. The molecule has 1 atom stereocenters. The maximum atomic E-state index is 12.5. The van der Waals surface area contributed by atoms with Crippen molar-refractivity contribution in [2.24, 2.45) is 0 Å². The number of hydrogen-bond donors (Lipinski definition) is 2. The third-order valence-electron chi connectivity index (χ3n) is 4.78. The molecule has 1 aliphatic rings. The molecule has 152 valence electrons. The predicted octanol–water partition coefficient (Wildman–Crippen LogP) is 1.85. The molecule has 3 aromatic rings. The van der Waals surface area contributed by atoms with Crippen molar-refractivity contribution in [3.8, 4) is 17.4 Å². The lowest BCUT2D eigenvalue weighted by molar-refractivity contribution is -0.117. The molecule has 0 radical (unpaired) electrons. The van der Waals surface area contributed by atoms with Crippen LogP contribution in [0.25, 0.3) is 17.4 Å². The van der Waals surface area contributed by atoms with Crippen LogP contribution in [0.15, 0.2) is 28.7 Å². The van der Waals surface area contributed by atoms with E-state index < -0.39 is 0 Å². The average molecular weight is 396 g/mol. The zero-order valence-corrected chi connectivity index (χ0v) is 16.7. The number of β-amino-alcohol motifs (C(OH)–C–C–N with tert-alkyl or cyclic N) is 1. The Kier molecular flexibility index (Phi) is 5.16. The van der Waals surface area contributed by atoms with Gasteiger partial charge in [-0.3, -0.25) is 9.69 Å². The summed E-state index contributed by atoms with van der Waals surface area (Å²) >= 11 is 0. The number of rotatable bonds is 5. The maximum absolute atomic E-state index is 12.5. The molecule has 3 aromatic heterocycles. The highest BCUT2D eigenvalue weighted by molar-refractivity contribution is 5.91. The molecular formula is C20H24N6O3. The molecule has 0 saturated carbocycles. The zero-order chi connectivity index (χ0) is 20.5. The second-order valence-electron chi connectivity index (χ2n) is 7.41. The van der Waals surface area contributed by atoms with Gasteiger partial charge in [0.2, 0.25) is 5.91 Å². The first-order valence-corrected chi connectivity index (χ1v) is 9.57. The first-order valence-electron chi connectivity index (χ1n) is 9.57. The Labute approximate surface area is 168 Å². The molecule has 1 fully saturated rings. The number of nitrogens with zero attached hydrogens (tertiary/aromatic N) is 5. The van der Waals surface area contributed by atoms with E-state index in [9.17, 15) is 9.90 Å². The van der Waals surface area contributed by atoms with Gasteiger partial charge in [0.25, 0.3) is 0 Å². The fourth-order valence-electron chi connectivity index (χ4n) is 3.47. The molecule has 0 spiro atoms. The minimum Gasteiger partial charge on any atom is -0.458 e. The summed E-state index contributed by atoms with van der Waals surface area (Å²) in [4.78, 5) is 23.5. The summed E-state index contributed by atoms with van der Waals surface area (Å²) < 4.78 is 7.38. The number of furan rings is 1. The number of aliphatic hydroxyl groups is 1.